The monoisotopic (exact) mass is 523 g/mol. The highest BCUT2D eigenvalue weighted by Gasteiger charge is 2.22. The number of nitrogens with one attached hydrogen (secondary N) is 2. The lowest BCUT2D eigenvalue weighted by Gasteiger charge is -2.20. The summed E-state index contributed by atoms with van der Waals surface area (Å²) in [7, 11) is 1.50. The van der Waals surface area contributed by atoms with E-state index in [1.165, 1.54) is 19.3 Å². The van der Waals surface area contributed by atoms with Crippen molar-refractivity contribution in [3.05, 3.63) is 86.3 Å². The number of aromatic nitrogens is 2. The number of amidine groups is 1. The van der Waals surface area contributed by atoms with E-state index in [9.17, 15) is 14.0 Å². The van der Waals surface area contributed by atoms with Crippen LogP contribution >= 0.6 is 11.6 Å². The van der Waals surface area contributed by atoms with Gasteiger partial charge in [-0.2, -0.15) is 9.87 Å². The molecule has 1 aromatic carbocycles. The molecular formula is C26H23ClFN5O4. The molecule has 4 aromatic rings. The van der Waals surface area contributed by atoms with Gasteiger partial charge >= 0.3 is 6.47 Å². The van der Waals surface area contributed by atoms with E-state index in [2.05, 4.69) is 30.6 Å². The summed E-state index contributed by atoms with van der Waals surface area (Å²) in [5.41, 5.74) is 5.17. The van der Waals surface area contributed by atoms with Gasteiger partial charge in [0, 0.05) is 24.4 Å². The van der Waals surface area contributed by atoms with Gasteiger partial charge in [0.25, 0.3) is 0 Å². The fourth-order valence-corrected chi connectivity index (χ4v) is 4.17. The Morgan fingerprint density at radius 3 is 2.76 bits per heavy atom. The summed E-state index contributed by atoms with van der Waals surface area (Å²) >= 11 is 6.11. The first kappa shape index (κ1) is 25.8. The number of carbonyl (C=O) groups is 1. The van der Waals surface area contributed by atoms with Gasteiger partial charge in [0.1, 0.15) is 22.2 Å². The molecule has 0 aliphatic carbocycles. The summed E-state index contributed by atoms with van der Waals surface area (Å²) in [6.07, 6.45) is 1.33. The number of hydroxylamine groups is 1. The number of nitrogens with zero attached hydrogens (tertiary/aromatic N) is 3. The Balaban J connectivity index is 1.85. The maximum atomic E-state index is 14.5. The molecule has 0 saturated heterocycles. The number of rotatable bonds is 7. The maximum Gasteiger partial charge on any atom is 0.320 e. The average Bonchev–Trinajstić information content (AvgIpc) is 2.88. The fraction of sp³-hybridized carbons (Fsp3) is 0.192. The third-order valence-electron chi connectivity index (χ3n) is 5.75. The number of anilines is 1. The highest BCUT2D eigenvalue weighted by molar-refractivity contribution is 6.29. The quantitative estimate of drug-likeness (QED) is 0.116. The molecule has 190 valence electrons. The van der Waals surface area contributed by atoms with Gasteiger partial charge in [0.2, 0.25) is 5.95 Å². The van der Waals surface area contributed by atoms with Gasteiger partial charge in [-0.05, 0) is 56.7 Å². The number of fused-ring (bicyclic) bond motifs is 1. The minimum atomic E-state index is -0.735. The van der Waals surface area contributed by atoms with Crippen LogP contribution in [0.3, 0.4) is 0 Å². The van der Waals surface area contributed by atoms with Crippen LogP contribution in [-0.2, 0) is 9.63 Å². The van der Waals surface area contributed by atoms with E-state index >= 15 is 0 Å². The molecule has 0 aliphatic heterocycles. The lowest BCUT2D eigenvalue weighted by molar-refractivity contribution is -0.132. The minimum absolute atomic E-state index is 0.0976. The van der Waals surface area contributed by atoms with Crippen LogP contribution in [0.15, 0.2) is 56.8 Å². The third-order valence-corrected chi connectivity index (χ3v) is 5.96. The van der Waals surface area contributed by atoms with Crippen LogP contribution < -0.4 is 16.2 Å². The zero-order valence-corrected chi connectivity index (χ0v) is 21.2. The molecule has 0 aliphatic rings. The third kappa shape index (κ3) is 5.14. The van der Waals surface area contributed by atoms with Crippen molar-refractivity contribution in [1.82, 2.24) is 15.4 Å². The Morgan fingerprint density at radius 2 is 2.05 bits per heavy atom. The summed E-state index contributed by atoms with van der Waals surface area (Å²) in [4.78, 5) is 40.7. The largest absolute Gasteiger partial charge is 0.455 e. The number of aliphatic imine (C=N–C) groups is 1. The molecule has 3 heterocycles. The number of pyridine rings is 2. The predicted molar refractivity (Wildman–Crippen MR) is 139 cm³/mol. The molecule has 1 atom stereocenters. The molecule has 0 fully saturated rings. The maximum absolute atomic E-state index is 14.5. The average molecular weight is 524 g/mol. The molecule has 37 heavy (non-hydrogen) atoms. The van der Waals surface area contributed by atoms with Crippen molar-refractivity contribution in [3.63, 3.8) is 0 Å². The van der Waals surface area contributed by atoms with Crippen molar-refractivity contribution in [2.24, 2.45) is 4.99 Å². The Kier molecular flexibility index (Phi) is 7.49. The van der Waals surface area contributed by atoms with Crippen molar-refractivity contribution in [2.45, 2.75) is 26.8 Å². The van der Waals surface area contributed by atoms with Gasteiger partial charge in [-0.15, -0.1) is 0 Å². The molecule has 11 heteroatoms. The second-order valence-corrected chi connectivity index (χ2v) is 8.63. The van der Waals surface area contributed by atoms with E-state index in [-0.39, 0.29) is 39.8 Å². The van der Waals surface area contributed by atoms with Gasteiger partial charge < -0.3 is 14.6 Å². The van der Waals surface area contributed by atoms with Gasteiger partial charge in [0.05, 0.1) is 22.7 Å². The first-order valence-corrected chi connectivity index (χ1v) is 11.6. The van der Waals surface area contributed by atoms with E-state index in [1.807, 2.05) is 19.9 Å². The SMILES string of the molecule is CN=C(NOC=O)c1nc(Cl)ccc1NC(C)c1cc(C)cc2c(=O)c(C)c(-c3cccnc3F)oc12. The zero-order chi connectivity index (χ0) is 26.7. The van der Waals surface area contributed by atoms with Crippen LogP contribution in [0.1, 0.15) is 35.3 Å². The van der Waals surface area contributed by atoms with Gasteiger partial charge in [-0.3, -0.25) is 14.6 Å². The van der Waals surface area contributed by atoms with Crippen LogP contribution in [0.25, 0.3) is 22.3 Å². The second-order valence-electron chi connectivity index (χ2n) is 8.24. The number of halogens is 2. The molecule has 0 spiro atoms. The molecule has 4 rings (SSSR count). The molecule has 1 unspecified atom stereocenters. The van der Waals surface area contributed by atoms with Crippen LogP contribution in [0.5, 0.6) is 0 Å². The van der Waals surface area contributed by atoms with E-state index in [4.69, 9.17) is 16.0 Å². The van der Waals surface area contributed by atoms with E-state index in [0.29, 0.717) is 27.9 Å². The number of benzene rings is 1. The van der Waals surface area contributed by atoms with Crippen LogP contribution in [0.4, 0.5) is 10.1 Å². The molecule has 0 radical (unpaired) electrons. The summed E-state index contributed by atoms with van der Waals surface area (Å²) in [6, 6.07) is 9.58. The van der Waals surface area contributed by atoms with E-state index in [1.54, 1.807) is 31.2 Å². The topological polar surface area (TPSA) is 119 Å². The van der Waals surface area contributed by atoms with Crippen molar-refractivity contribution in [2.75, 3.05) is 12.4 Å². The summed E-state index contributed by atoms with van der Waals surface area (Å²) in [5, 5.41) is 3.91. The zero-order valence-electron chi connectivity index (χ0n) is 20.4. The molecule has 9 nitrogen and oxygen atoms in total. The minimum Gasteiger partial charge on any atom is -0.455 e. The Bertz CT molecular complexity index is 1590. The van der Waals surface area contributed by atoms with Crippen molar-refractivity contribution in [3.8, 4) is 11.3 Å². The molecule has 2 N–H and O–H groups in total. The normalized spacial score (nSPS) is 12.3. The predicted octanol–water partition coefficient (Wildman–Crippen LogP) is 4.89. The molecule has 0 amide bonds. The number of hydrogen-bond acceptors (Lipinski definition) is 8. The smallest absolute Gasteiger partial charge is 0.320 e. The summed E-state index contributed by atoms with van der Waals surface area (Å²) < 4.78 is 20.7. The lowest BCUT2D eigenvalue weighted by Crippen LogP contribution is -2.27. The van der Waals surface area contributed by atoms with Crippen LogP contribution in [0.2, 0.25) is 5.15 Å². The van der Waals surface area contributed by atoms with Gasteiger partial charge in [-0.1, -0.05) is 17.7 Å². The lowest BCUT2D eigenvalue weighted by atomic mass is 9.99. The summed E-state index contributed by atoms with van der Waals surface area (Å²) in [5.74, 6) is -0.457. The molecule has 0 saturated carbocycles. The highest BCUT2D eigenvalue weighted by atomic mass is 35.5. The number of hydrogen-bond donors (Lipinski definition) is 2. The summed E-state index contributed by atoms with van der Waals surface area (Å²) in [6.45, 7) is 5.56. The Labute approximate surface area is 216 Å². The highest BCUT2D eigenvalue weighted by Crippen LogP contribution is 2.33. The first-order chi connectivity index (χ1) is 17.7. The molecule has 3 aromatic heterocycles. The van der Waals surface area contributed by atoms with Gasteiger partial charge in [-0.25, -0.2) is 9.97 Å². The van der Waals surface area contributed by atoms with Crippen molar-refractivity contribution < 1.29 is 18.4 Å². The van der Waals surface area contributed by atoms with Crippen molar-refractivity contribution >= 4 is 40.6 Å². The van der Waals surface area contributed by atoms with E-state index in [0.717, 1.165) is 5.56 Å². The van der Waals surface area contributed by atoms with Crippen LogP contribution in [-0.4, -0.2) is 29.3 Å². The van der Waals surface area contributed by atoms with E-state index < -0.39 is 12.0 Å². The Hall–Kier alpha value is -4.31. The molecular weight excluding hydrogens is 501 g/mol. The molecule has 0 bridgehead atoms. The standard InChI is InChI=1S/C26H23ClFN5O4/c1-13-10-17(15(3)31-19-7-8-20(27)32-21(19)26(29-4)33-36-12-34)24-18(11-13)22(35)14(2)23(37-24)16-6-5-9-30-25(16)28/h5-12,15,31H,1-4H3,(H,29,33). The number of carbonyl (C=O) groups excluding carboxylic acids is 1. The second kappa shape index (κ2) is 10.8. The Morgan fingerprint density at radius 1 is 1.27 bits per heavy atom. The first-order valence-electron chi connectivity index (χ1n) is 11.2. The van der Waals surface area contributed by atoms with Gasteiger partial charge in [0.15, 0.2) is 11.3 Å². The van der Waals surface area contributed by atoms with Crippen molar-refractivity contribution in [1.29, 1.82) is 0 Å². The van der Waals surface area contributed by atoms with Crippen LogP contribution in [0, 0.1) is 19.8 Å². The fourth-order valence-electron chi connectivity index (χ4n) is 4.02. The number of aryl methyl sites for hydroxylation is 1.